The third kappa shape index (κ3) is 4.71. The molecule has 0 spiro atoms. The van der Waals surface area contributed by atoms with Crippen LogP contribution in [0.25, 0.3) is 0 Å². The van der Waals surface area contributed by atoms with Gasteiger partial charge in [-0.3, -0.25) is 0 Å². The van der Waals surface area contributed by atoms with Gasteiger partial charge in [0.2, 0.25) is 17.7 Å². The molecule has 22 heavy (non-hydrogen) atoms. The van der Waals surface area contributed by atoms with Gasteiger partial charge in [0, 0.05) is 6.54 Å². The van der Waals surface area contributed by atoms with Crippen LogP contribution in [0.2, 0.25) is 0 Å². The fourth-order valence-electron chi connectivity index (χ4n) is 1.54. The quantitative estimate of drug-likeness (QED) is 0.627. The van der Waals surface area contributed by atoms with E-state index >= 15 is 0 Å². The molecule has 6 nitrogen and oxygen atoms in total. The molecule has 1 aromatic heterocycles. The summed E-state index contributed by atoms with van der Waals surface area (Å²) in [7, 11) is 1.52. The van der Waals surface area contributed by atoms with E-state index in [-0.39, 0.29) is 5.95 Å². The van der Waals surface area contributed by atoms with E-state index in [9.17, 15) is 0 Å². The van der Waals surface area contributed by atoms with Gasteiger partial charge in [-0.05, 0) is 24.4 Å². The van der Waals surface area contributed by atoms with Gasteiger partial charge in [0.15, 0.2) is 5.11 Å². The standard InChI is InChI=1S/C15H16N4O2S/c1-3-9-16-15(22)19-14-17-12(20-2)10-13(18-14)21-11-7-5-4-6-8-11/h3-8,10H,1,9H2,2H3,(H2,16,17,18,19,22). The Morgan fingerprint density at radius 1 is 1.27 bits per heavy atom. The SMILES string of the molecule is C=CCNC(=S)Nc1nc(OC)cc(Oc2ccccc2)n1. The first-order chi connectivity index (χ1) is 10.7. The van der Waals surface area contributed by atoms with E-state index in [0.717, 1.165) is 0 Å². The van der Waals surface area contributed by atoms with Crippen LogP contribution in [0.4, 0.5) is 5.95 Å². The third-order valence-electron chi connectivity index (χ3n) is 2.49. The molecule has 0 fully saturated rings. The number of aromatic nitrogens is 2. The molecule has 0 bridgehead atoms. The molecule has 1 aromatic carbocycles. The first-order valence-corrected chi connectivity index (χ1v) is 6.94. The summed E-state index contributed by atoms with van der Waals surface area (Å²) in [4.78, 5) is 8.41. The Labute approximate surface area is 134 Å². The Hall–Kier alpha value is -2.67. The largest absolute Gasteiger partial charge is 0.481 e. The molecular formula is C15H16N4O2S. The van der Waals surface area contributed by atoms with Crippen molar-refractivity contribution in [2.45, 2.75) is 0 Å². The molecular weight excluding hydrogens is 300 g/mol. The highest BCUT2D eigenvalue weighted by Gasteiger charge is 2.08. The molecule has 0 radical (unpaired) electrons. The van der Waals surface area contributed by atoms with Gasteiger partial charge in [-0.2, -0.15) is 9.97 Å². The van der Waals surface area contributed by atoms with Crippen LogP contribution in [0, 0.1) is 0 Å². The summed E-state index contributed by atoms with van der Waals surface area (Å²) in [6.45, 7) is 4.15. The zero-order chi connectivity index (χ0) is 15.8. The van der Waals surface area contributed by atoms with Crippen LogP contribution in [0.15, 0.2) is 49.1 Å². The fourth-order valence-corrected chi connectivity index (χ4v) is 1.71. The van der Waals surface area contributed by atoms with E-state index in [2.05, 4.69) is 27.2 Å². The molecule has 2 N–H and O–H groups in total. The van der Waals surface area contributed by atoms with Crippen LogP contribution in [-0.4, -0.2) is 28.7 Å². The number of anilines is 1. The highest BCUT2D eigenvalue weighted by Crippen LogP contribution is 2.23. The Morgan fingerprint density at radius 2 is 2.00 bits per heavy atom. The fraction of sp³-hybridized carbons (Fsp3) is 0.133. The lowest BCUT2D eigenvalue weighted by molar-refractivity contribution is 0.389. The number of ether oxygens (including phenoxy) is 2. The monoisotopic (exact) mass is 316 g/mol. The predicted molar refractivity (Wildman–Crippen MR) is 89.5 cm³/mol. The molecule has 0 aliphatic rings. The topological polar surface area (TPSA) is 68.3 Å². The molecule has 0 saturated heterocycles. The van der Waals surface area contributed by atoms with Crippen LogP contribution in [0.5, 0.6) is 17.5 Å². The summed E-state index contributed by atoms with van der Waals surface area (Å²) in [6, 6.07) is 10.9. The zero-order valence-corrected chi connectivity index (χ0v) is 12.9. The first-order valence-electron chi connectivity index (χ1n) is 6.53. The Morgan fingerprint density at radius 3 is 2.68 bits per heavy atom. The molecule has 0 aliphatic heterocycles. The van der Waals surface area contributed by atoms with Crippen LogP contribution in [0.1, 0.15) is 0 Å². The van der Waals surface area contributed by atoms with Gasteiger partial charge < -0.3 is 20.1 Å². The smallest absolute Gasteiger partial charge is 0.235 e. The first kappa shape index (κ1) is 15.7. The lowest BCUT2D eigenvalue weighted by Gasteiger charge is -2.11. The summed E-state index contributed by atoms with van der Waals surface area (Å²) in [6.07, 6.45) is 1.70. The maximum absolute atomic E-state index is 5.67. The summed E-state index contributed by atoms with van der Waals surface area (Å²) in [5.74, 6) is 1.68. The third-order valence-corrected chi connectivity index (χ3v) is 2.73. The highest BCUT2D eigenvalue weighted by atomic mass is 32.1. The summed E-state index contributed by atoms with van der Waals surface area (Å²) < 4.78 is 10.8. The minimum atomic E-state index is 0.284. The minimum absolute atomic E-state index is 0.284. The zero-order valence-electron chi connectivity index (χ0n) is 12.1. The molecule has 7 heteroatoms. The highest BCUT2D eigenvalue weighted by molar-refractivity contribution is 7.80. The van der Waals surface area contributed by atoms with E-state index in [4.69, 9.17) is 21.7 Å². The van der Waals surface area contributed by atoms with Gasteiger partial charge >= 0.3 is 0 Å². The van der Waals surface area contributed by atoms with Crippen molar-refractivity contribution >= 4 is 23.3 Å². The van der Waals surface area contributed by atoms with E-state index in [1.165, 1.54) is 7.11 Å². The Kier molecular flexibility index (Phi) is 5.67. The van der Waals surface area contributed by atoms with Crippen molar-refractivity contribution in [2.24, 2.45) is 0 Å². The number of hydrogen-bond donors (Lipinski definition) is 2. The molecule has 0 atom stereocenters. The second kappa shape index (κ2) is 7.94. The van der Waals surface area contributed by atoms with Crippen molar-refractivity contribution in [3.05, 3.63) is 49.1 Å². The van der Waals surface area contributed by atoms with Gasteiger partial charge in [0.25, 0.3) is 0 Å². The van der Waals surface area contributed by atoms with Gasteiger partial charge in [-0.25, -0.2) is 0 Å². The van der Waals surface area contributed by atoms with Crippen molar-refractivity contribution in [3.8, 4) is 17.5 Å². The number of rotatable bonds is 6. The minimum Gasteiger partial charge on any atom is -0.481 e. The summed E-state index contributed by atoms with van der Waals surface area (Å²) in [5, 5.41) is 6.18. The molecule has 1 heterocycles. The molecule has 0 saturated carbocycles. The maximum atomic E-state index is 5.67. The van der Waals surface area contributed by atoms with Gasteiger partial charge in [-0.1, -0.05) is 24.3 Å². The van der Waals surface area contributed by atoms with Gasteiger partial charge in [0.1, 0.15) is 5.75 Å². The van der Waals surface area contributed by atoms with E-state index in [1.54, 1.807) is 12.1 Å². The van der Waals surface area contributed by atoms with E-state index in [1.807, 2.05) is 30.3 Å². The molecule has 2 aromatic rings. The molecule has 2 rings (SSSR count). The normalized spacial score (nSPS) is 9.68. The average molecular weight is 316 g/mol. The summed E-state index contributed by atoms with van der Waals surface area (Å²) >= 11 is 5.12. The molecule has 114 valence electrons. The number of benzene rings is 1. The number of thiocarbonyl (C=S) groups is 1. The Bertz CT molecular complexity index is 649. The van der Waals surface area contributed by atoms with Crippen molar-refractivity contribution in [2.75, 3.05) is 19.0 Å². The van der Waals surface area contributed by atoms with Crippen LogP contribution in [-0.2, 0) is 0 Å². The van der Waals surface area contributed by atoms with Crippen LogP contribution >= 0.6 is 12.2 Å². The average Bonchev–Trinajstić information content (AvgIpc) is 2.53. The van der Waals surface area contributed by atoms with Crippen molar-refractivity contribution in [1.29, 1.82) is 0 Å². The van der Waals surface area contributed by atoms with Crippen LogP contribution < -0.4 is 20.1 Å². The van der Waals surface area contributed by atoms with Gasteiger partial charge in [0.05, 0.1) is 13.2 Å². The van der Waals surface area contributed by atoms with Crippen molar-refractivity contribution in [1.82, 2.24) is 15.3 Å². The maximum Gasteiger partial charge on any atom is 0.235 e. The summed E-state index contributed by atoms with van der Waals surface area (Å²) in [5.41, 5.74) is 0. The number of para-hydroxylation sites is 1. The predicted octanol–water partition coefficient (Wildman–Crippen LogP) is 2.75. The number of hydrogen-bond acceptors (Lipinski definition) is 5. The molecule has 0 unspecified atom stereocenters. The van der Waals surface area contributed by atoms with Crippen molar-refractivity contribution < 1.29 is 9.47 Å². The Balaban J connectivity index is 2.15. The molecule has 0 amide bonds. The number of nitrogens with zero attached hydrogens (tertiary/aromatic N) is 2. The second-order valence-corrected chi connectivity index (χ2v) is 4.52. The lowest BCUT2D eigenvalue weighted by atomic mass is 10.3. The lowest BCUT2D eigenvalue weighted by Crippen LogP contribution is -2.29. The second-order valence-electron chi connectivity index (χ2n) is 4.11. The number of methoxy groups -OCH3 is 1. The van der Waals surface area contributed by atoms with E-state index in [0.29, 0.717) is 29.2 Å². The molecule has 0 aliphatic carbocycles. The van der Waals surface area contributed by atoms with Gasteiger partial charge in [-0.15, -0.1) is 6.58 Å². The van der Waals surface area contributed by atoms with Crippen LogP contribution in [0.3, 0.4) is 0 Å². The number of nitrogens with one attached hydrogen (secondary N) is 2. The van der Waals surface area contributed by atoms with E-state index < -0.39 is 0 Å². The van der Waals surface area contributed by atoms with Crippen molar-refractivity contribution in [3.63, 3.8) is 0 Å².